The molecule has 16 heavy (non-hydrogen) atoms. The van der Waals surface area contributed by atoms with E-state index in [1.165, 1.54) is 0 Å². The topological polar surface area (TPSA) is 40.6 Å². The first-order valence-electron chi connectivity index (χ1n) is 5.83. The van der Waals surface area contributed by atoms with Crippen LogP contribution in [0.1, 0.15) is 20.3 Å². The van der Waals surface area contributed by atoms with Gasteiger partial charge in [-0.05, 0) is 18.6 Å². The molecule has 1 saturated heterocycles. The summed E-state index contributed by atoms with van der Waals surface area (Å²) < 4.78 is 0. The molecule has 1 atom stereocenters. The molecule has 1 aliphatic rings. The van der Waals surface area contributed by atoms with Gasteiger partial charge < -0.3 is 9.80 Å². The second-order valence-electron chi connectivity index (χ2n) is 4.09. The summed E-state index contributed by atoms with van der Waals surface area (Å²) in [5.74, 6) is 0.427. The average molecular weight is 244 g/mol. The Kier molecular flexibility index (Phi) is 5.12. The van der Waals surface area contributed by atoms with Gasteiger partial charge in [-0.2, -0.15) is 12.6 Å². The van der Waals surface area contributed by atoms with E-state index in [4.69, 9.17) is 0 Å². The minimum atomic E-state index is -0.359. The van der Waals surface area contributed by atoms with Crippen LogP contribution in [0.4, 0.5) is 0 Å². The summed E-state index contributed by atoms with van der Waals surface area (Å²) in [4.78, 5) is 26.7. The van der Waals surface area contributed by atoms with Crippen molar-refractivity contribution in [3.8, 4) is 0 Å². The molecule has 0 saturated carbocycles. The molecule has 1 fully saturated rings. The van der Waals surface area contributed by atoms with Crippen molar-refractivity contribution in [2.24, 2.45) is 5.92 Å². The Morgan fingerprint density at radius 1 is 1.19 bits per heavy atom. The minimum Gasteiger partial charge on any atom is -0.333 e. The molecular weight excluding hydrogens is 224 g/mol. The Labute approximate surface area is 102 Å². The van der Waals surface area contributed by atoms with Crippen molar-refractivity contribution in [1.29, 1.82) is 0 Å². The number of rotatable bonds is 5. The fourth-order valence-electron chi connectivity index (χ4n) is 1.82. The fraction of sp³-hybridized carbons (Fsp3) is 0.818. The Morgan fingerprint density at radius 3 is 2.25 bits per heavy atom. The smallest absolute Gasteiger partial charge is 0.312 e. The maximum absolute atomic E-state index is 11.8. The van der Waals surface area contributed by atoms with E-state index >= 15 is 0 Å². The summed E-state index contributed by atoms with van der Waals surface area (Å²) in [6, 6.07) is 0. The molecule has 0 aromatic heterocycles. The Balaban J connectivity index is 2.58. The van der Waals surface area contributed by atoms with Gasteiger partial charge in [0.05, 0.1) is 0 Å². The molecule has 0 spiro atoms. The summed E-state index contributed by atoms with van der Waals surface area (Å²) in [6.45, 7) is 6.55. The van der Waals surface area contributed by atoms with Crippen LogP contribution < -0.4 is 0 Å². The second kappa shape index (κ2) is 6.13. The number of hydrogen-bond donors (Lipinski definition) is 1. The molecule has 92 valence electrons. The number of thiol groups is 1. The van der Waals surface area contributed by atoms with Crippen molar-refractivity contribution < 1.29 is 9.59 Å². The monoisotopic (exact) mass is 244 g/mol. The Morgan fingerprint density at radius 2 is 1.75 bits per heavy atom. The van der Waals surface area contributed by atoms with Crippen LogP contribution in [0.15, 0.2) is 0 Å². The normalized spacial score (nSPS) is 19.2. The maximum Gasteiger partial charge on any atom is 0.312 e. The van der Waals surface area contributed by atoms with E-state index in [-0.39, 0.29) is 11.8 Å². The first kappa shape index (κ1) is 13.4. The molecule has 0 N–H and O–H groups in total. The number of piperazine rings is 1. The number of carbonyl (C=O) groups excluding carboxylic acids is 2. The van der Waals surface area contributed by atoms with Gasteiger partial charge in [0.15, 0.2) is 0 Å². The van der Waals surface area contributed by atoms with Gasteiger partial charge in [-0.3, -0.25) is 9.59 Å². The number of nitrogens with zero attached hydrogens (tertiary/aromatic N) is 2. The van der Waals surface area contributed by atoms with Gasteiger partial charge in [-0.25, -0.2) is 0 Å². The molecule has 0 aromatic carbocycles. The molecule has 1 unspecified atom stereocenters. The maximum atomic E-state index is 11.8. The van der Waals surface area contributed by atoms with Gasteiger partial charge in [-0.1, -0.05) is 13.3 Å². The molecule has 1 rings (SSSR count). The van der Waals surface area contributed by atoms with Crippen LogP contribution in [-0.4, -0.2) is 53.5 Å². The molecule has 1 aliphatic heterocycles. The second-order valence-corrected chi connectivity index (χ2v) is 4.46. The summed E-state index contributed by atoms with van der Waals surface area (Å²) in [6.07, 6.45) is 0.985. The summed E-state index contributed by atoms with van der Waals surface area (Å²) in [5, 5.41) is 0. The van der Waals surface area contributed by atoms with E-state index in [1.807, 2.05) is 6.92 Å². The van der Waals surface area contributed by atoms with Crippen LogP contribution in [0.25, 0.3) is 0 Å². The van der Waals surface area contributed by atoms with Crippen LogP contribution in [0.2, 0.25) is 0 Å². The van der Waals surface area contributed by atoms with Gasteiger partial charge >= 0.3 is 11.8 Å². The van der Waals surface area contributed by atoms with E-state index in [9.17, 15) is 9.59 Å². The van der Waals surface area contributed by atoms with Gasteiger partial charge in [0.25, 0.3) is 0 Å². The van der Waals surface area contributed by atoms with Gasteiger partial charge in [-0.15, -0.1) is 0 Å². The van der Waals surface area contributed by atoms with Crippen molar-refractivity contribution in [2.45, 2.75) is 20.3 Å². The van der Waals surface area contributed by atoms with E-state index in [2.05, 4.69) is 19.6 Å². The number of carbonyl (C=O) groups is 2. The van der Waals surface area contributed by atoms with E-state index in [0.717, 1.165) is 12.2 Å². The van der Waals surface area contributed by atoms with E-state index in [1.54, 1.807) is 9.80 Å². The van der Waals surface area contributed by atoms with Gasteiger partial charge in [0.2, 0.25) is 0 Å². The van der Waals surface area contributed by atoms with Crippen molar-refractivity contribution in [3.05, 3.63) is 0 Å². The lowest BCUT2D eigenvalue weighted by atomic mass is 10.1. The first-order valence-corrected chi connectivity index (χ1v) is 6.46. The molecular formula is C11H20N2O2S. The highest BCUT2D eigenvalue weighted by molar-refractivity contribution is 7.80. The fourth-order valence-corrected chi connectivity index (χ4v) is 2.19. The SMILES string of the molecule is CCC(CS)CN1CCN(CC)C(=O)C1=O. The molecule has 0 aromatic rings. The lowest BCUT2D eigenvalue weighted by molar-refractivity contribution is -0.156. The van der Waals surface area contributed by atoms with E-state index in [0.29, 0.717) is 32.1 Å². The predicted molar refractivity (Wildman–Crippen MR) is 66.5 cm³/mol. The average Bonchev–Trinajstić information content (AvgIpc) is 2.31. The van der Waals surface area contributed by atoms with Crippen molar-refractivity contribution in [3.63, 3.8) is 0 Å². The zero-order valence-corrected chi connectivity index (χ0v) is 10.9. The van der Waals surface area contributed by atoms with Crippen LogP contribution in [-0.2, 0) is 9.59 Å². The van der Waals surface area contributed by atoms with Crippen LogP contribution in [0.5, 0.6) is 0 Å². The molecule has 0 radical (unpaired) electrons. The molecule has 0 bridgehead atoms. The quantitative estimate of drug-likeness (QED) is 0.569. The molecule has 0 aliphatic carbocycles. The lowest BCUT2D eigenvalue weighted by Crippen LogP contribution is -2.55. The lowest BCUT2D eigenvalue weighted by Gasteiger charge is -2.34. The number of likely N-dealkylation sites (N-methyl/N-ethyl adjacent to an activating group) is 1. The van der Waals surface area contributed by atoms with Crippen LogP contribution >= 0.6 is 12.6 Å². The molecule has 5 heteroatoms. The van der Waals surface area contributed by atoms with Crippen molar-refractivity contribution in [1.82, 2.24) is 9.80 Å². The van der Waals surface area contributed by atoms with Crippen molar-refractivity contribution in [2.75, 3.05) is 31.9 Å². The van der Waals surface area contributed by atoms with Crippen LogP contribution in [0.3, 0.4) is 0 Å². The number of amides is 2. The van der Waals surface area contributed by atoms with Gasteiger partial charge in [0, 0.05) is 26.2 Å². The third-order valence-electron chi connectivity index (χ3n) is 3.09. The summed E-state index contributed by atoms with van der Waals surface area (Å²) in [5.41, 5.74) is 0. The minimum absolute atomic E-state index is 0.353. The Hall–Kier alpha value is -0.710. The summed E-state index contributed by atoms with van der Waals surface area (Å²) >= 11 is 4.25. The zero-order valence-electron chi connectivity index (χ0n) is 9.98. The summed E-state index contributed by atoms with van der Waals surface area (Å²) in [7, 11) is 0. The predicted octanol–water partition coefficient (Wildman–Crippen LogP) is 0.633. The van der Waals surface area contributed by atoms with Crippen LogP contribution in [0, 0.1) is 5.92 Å². The number of hydrogen-bond acceptors (Lipinski definition) is 3. The molecule has 4 nitrogen and oxygen atoms in total. The highest BCUT2D eigenvalue weighted by Crippen LogP contribution is 2.11. The Bertz CT molecular complexity index is 267. The highest BCUT2D eigenvalue weighted by atomic mass is 32.1. The molecule has 2 amide bonds. The first-order chi connectivity index (χ1) is 7.63. The third kappa shape index (κ3) is 2.90. The largest absolute Gasteiger partial charge is 0.333 e. The van der Waals surface area contributed by atoms with E-state index < -0.39 is 0 Å². The van der Waals surface area contributed by atoms with Crippen molar-refractivity contribution >= 4 is 24.4 Å². The zero-order chi connectivity index (χ0) is 12.1. The van der Waals surface area contributed by atoms with Gasteiger partial charge in [0.1, 0.15) is 0 Å². The molecule has 1 heterocycles. The third-order valence-corrected chi connectivity index (χ3v) is 3.61. The highest BCUT2D eigenvalue weighted by Gasteiger charge is 2.32. The standard InChI is InChI=1S/C11H20N2O2S/c1-3-9(8-16)7-13-6-5-12(4-2)10(14)11(13)15/h9,16H,3-8H2,1-2H3.